The van der Waals surface area contributed by atoms with Gasteiger partial charge in [0.2, 0.25) is 0 Å². The van der Waals surface area contributed by atoms with E-state index in [1.54, 1.807) is 30.3 Å². The van der Waals surface area contributed by atoms with Crippen molar-refractivity contribution in [1.29, 1.82) is 0 Å². The molecule has 2 aromatic carbocycles. The minimum atomic E-state index is -0.523. The van der Waals surface area contributed by atoms with Gasteiger partial charge in [0.25, 0.3) is 0 Å². The highest BCUT2D eigenvalue weighted by atomic mass is 35.5. The molecule has 6 heteroatoms. The second-order valence-electron chi connectivity index (χ2n) is 5.05. The first kappa shape index (κ1) is 16.8. The summed E-state index contributed by atoms with van der Waals surface area (Å²) in [5, 5.41) is 5.80. The van der Waals surface area contributed by atoms with Gasteiger partial charge in [-0.3, -0.25) is 0 Å². The summed E-state index contributed by atoms with van der Waals surface area (Å²) in [6.45, 7) is 3.78. The second kappa shape index (κ2) is 7.15. The zero-order valence-corrected chi connectivity index (χ0v) is 13.8. The number of urea groups is 1. The van der Waals surface area contributed by atoms with Crippen molar-refractivity contribution in [3.8, 4) is 0 Å². The average molecular weight is 333 g/mol. The number of hydrogen-bond acceptors (Lipinski definition) is 3. The van der Waals surface area contributed by atoms with E-state index in [9.17, 15) is 9.59 Å². The number of para-hydroxylation sites is 1. The number of hydrogen-bond donors (Lipinski definition) is 2. The zero-order chi connectivity index (χ0) is 17.0. The maximum absolute atomic E-state index is 12.2. The molecule has 5 nitrogen and oxygen atoms in total. The van der Waals surface area contributed by atoms with Crippen molar-refractivity contribution < 1.29 is 14.3 Å². The lowest BCUT2D eigenvalue weighted by Gasteiger charge is -2.14. The molecule has 0 aromatic heterocycles. The van der Waals surface area contributed by atoms with Crippen molar-refractivity contribution in [3.63, 3.8) is 0 Å². The maximum atomic E-state index is 12.2. The molecule has 0 heterocycles. The Morgan fingerprint density at radius 1 is 1.09 bits per heavy atom. The summed E-state index contributed by atoms with van der Waals surface area (Å²) in [4.78, 5) is 23.9. The number of anilines is 2. The summed E-state index contributed by atoms with van der Waals surface area (Å²) in [5.74, 6) is -0.523. The number of aryl methyl sites for hydroxylation is 2. The number of nitrogens with one attached hydrogen (secondary N) is 2. The van der Waals surface area contributed by atoms with E-state index in [2.05, 4.69) is 10.6 Å². The van der Waals surface area contributed by atoms with Crippen LogP contribution >= 0.6 is 11.6 Å². The van der Waals surface area contributed by atoms with Gasteiger partial charge in [-0.2, -0.15) is 0 Å². The number of methoxy groups -OCH3 is 1. The summed E-state index contributed by atoms with van der Waals surface area (Å²) in [5.41, 5.74) is 3.03. The molecule has 23 heavy (non-hydrogen) atoms. The van der Waals surface area contributed by atoms with Crippen molar-refractivity contribution >= 4 is 35.0 Å². The molecule has 0 spiro atoms. The maximum Gasteiger partial charge on any atom is 0.339 e. The van der Waals surface area contributed by atoms with Crippen LogP contribution in [0, 0.1) is 13.8 Å². The van der Waals surface area contributed by atoms with Gasteiger partial charge in [0.1, 0.15) is 0 Å². The van der Waals surface area contributed by atoms with Crippen LogP contribution in [0.25, 0.3) is 0 Å². The van der Waals surface area contributed by atoms with Crippen molar-refractivity contribution in [2.75, 3.05) is 17.7 Å². The predicted molar refractivity (Wildman–Crippen MR) is 91.3 cm³/mol. The van der Waals surface area contributed by atoms with Crippen molar-refractivity contribution in [1.82, 2.24) is 0 Å². The van der Waals surface area contributed by atoms with Crippen LogP contribution in [0.15, 0.2) is 36.4 Å². The first-order chi connectivity index (χ1) is 10.9. The molecule has 2 amide bonds. The summed E-state index contributed by atoms with van der Waals surface area (Å²) >= 11 is 6.17. The van der Waals surface area contributed by atoms with E-state index in [0.29, 0.717) is 16.4 Å². The smallest absolute Gasteiger partial charge is 0.339 e. The quantitative estimate of drug-likeness (QED) is 0.819. The number of ether oxygens (including phenoxy) is 1. The molecule has 0 aliphatic heterocycles. The molecular formula is C17H17ClN2O3. The van der Waals surface area contributed by atoms with Gasteiger partial charge in [-0.1, -0.05) is 29.8 Å². The van der Waals surface area contributed by atoms with Crippen LogP contribution in [0.3, 0.4) is 0 Å². The Labute approximate surface area is 139 Å². The van der Waals surface area contributed by atoms with Crippen LogP contribution in [0.2, 0.25) is 5.02 Å². The van der Waals surface area contributed by atoms with E-state index in [-0.39, 0.29) is 5.56 Å². The van der Waals surface area contributed by atoms with Gasteiger partial charge in [0.05, 0.1) is 29.1 Å². The predicted octanol–water partition coefficient (Wildman–Crippen LogP) is 4.39. The third-order valence-corrected chi connectivity index (χ3v) is 3.55. The van der Waals surface area contributed by atoms with E-state index in [1.165, 1.54) is 7.11 Å². The first-order valence-electron chi connectivity index (χ1n) is 6.94. The van der Waals surface area contributed by atoms with Crippen LogP contribution < -0.4 is 10.6 Å². The Kier molecular flexibility index (Phi) is 5.24. The molecule has 2 aromatic rings. The molecule has 0 unspecified atom stereocenters. The Morgan fingerprint density at radius 2 is 1.78 bits per heavy atom. The first-order valence-corrected chi connectivity index (χ1v) is 7.32. The van der Waals surface area contributed by atoms with Crippen LogP contribution in [-0.2, 0) is 4.74 Å². The van der Waals surface area contributed by atoms with Crippen molar-refractivity contribution in [3.05, 3.63) is 58.1 Å². The number of halogens is 1. The highest BCUT2D eigenvalue weighted by Gasteiger charge is 2.14. The lowest BCUT2D eigenvalue weighted by molar-refractivity contribution is 0.0602. The molecule has 0 saturated heterocycles. The van der Waals surface area contributed by atoms with Crippen molar-refractivity contribution in [2.24, 2.45) is 0 Å². The molecule has 0 saturated carbocycles. The monoisotopic (exact) mass is 332 g/mol. The topological polar surface area (TPSA) is 67.4 Å². The standard InChI is InChI=1S/C17H17ClN2O3/c1-10-8-11(2)15(13(18)9-10)20-17(22)19-14-7-5-4-6-12(14)16(21)23-3/h4-9H,1-3H3,(H2,19,20,22). The molecule has 2 N–H and O–H groups in total. The van der Waals surface area contributed by atoms with E-state index >= 15 is 0 Å². The zero-order valence-electron chi connectivity index (χ0n) is 13.1. The summed E-state index contributed by atoms with van der Waals surface area (Å²) in [6, 6.07) is 9.80. The molecule has 0 aliphatic carbocycles. The van der Waals surface area contributed by atoms with Gasteiger partial charge in [-0.15, -0.1) is 0 Å². The Balaban J connectivity index is 2.20. The molecule has 120 valence electrons. The fourth-order valence-corrected chi connectivity index (χ4v) is 2.59. The SMILES string of the molecule is COC(=O)c1ccccc1NC(=O)Nc1c(C)cc(C)cc1Cl. The minimum absolute atomic E-state index is 0.275. The third kappa shape index (κ3) is 4.02. The molecule has 0 atom stereocenters. The average Bonchev–Trinajstić information content (AvgIpc) is 2.50. The molecule has 0 fully saturated rings. The fraction of sp³-hybridized carbons (Fsp3) is 0.176. The van der Waals surface area contributed by atoms with Gasteiger partial charge >= 0.3 is 12.0 Å². The van der Waals surface area contributed by atoms with E-state index < -0.39 is 12.0 Å². The highest BCUT2D eigenvalue weighted by molar-refractivity contribution is 6.34. The van der Waals surface area contributed by atoms with E-state index in [1.807, 2.05) is 19.9 Å². The van der Waals surface area contributed by atoms with Crippen LogP contribution in [0.4, 0.5) is 16.2 Å². The number of rotatable bonds is 3. The Hall–Kier alpha value is -2.53. The lowest BCUT2D eigenvalue weighted by Crippen LogP contribution is -2.22. The van der Waals surface area contributed by atoms with E-state index in [0.717, 1.165) is 11.1 Å². The number of carbonyl (C=O) groups excluding carboxylic acids is 2. The third-order valence-electron chi connectivity index (χ3n) is 3.25. The van der Waals surface area contributed by atoms with Crippen LogP contribution in [-0.4, -0.2) is 19.1 Å². The minimum Gasteiger partial charge on any atom is -0.465 e. The van der Waals surface area contributed by atoms with Gasteiger partial charge in [-0.05, 0) is 43.2 Å². The van der Waals surface area contributed by atoms with Gasteiger partial charge in [0, 0.05) is 0 Å². The van der Waals surface area contributed by atoms with Gasteiger partial charge in [-0.25, -0.2) is 9.59 Å². The fourth-order valence-electron chi connectivity index (χ4n) is 2.22. The second-order valence-corrected chi connectivity index (χ2v) is 5.46. The molecule has 0 aliphatic rings. The van der Waals surface area contributed by atoms with Crippen LogP contribution in [0.1, 0.15) is 21.5 Å². The van der Waals surface area contributed by atoms with E-state index in [4.69, 9.17) is 16.3 Å². The molecule has 0 radical (unpaired) electrons. The van der Waals surface area contributed by atoms with Crippen molar-refractivity contribution in [2.45, 2.75) is 13.8 Å². The Morgan fingerprint density at radius 3 is 2.43 bits per heavy atom. The lowest BCUT2D eigenvalue weighted by atomic mass is 10.1. The highest BCUT2D eigenvalue weighted by Crippen LogP contribution is 2.27. The summed E-state index contributed by atoms with van der Waals surface area (Å²) < 4.78 is 4.70. The number of benzene rings is 2. The summed E-state index contributed by atoms with van der Waals surface area (Å²) in [6.07, 6.45) is 0. The van der Waals surface area contributed by atoms with Gasteiger partial charge < -0.3 is 15.4 Å². The number of carbonyl (C=O) groups is 2. The number of amides is 2. The normalized spacial score (nSPS) is 10.1. The largest absolute Gasteiger partial charge is 0.465 e. The molecular weight excluding hydrogens is 316 g/mol. The molecule has 2 rings (SSSR count). The molecule has 0 bridgehead atoms. The Bertz CT molecular complexity index is 736. The number of esters is 1. The van der Waals surface area contributed by atoms with Crippen LogP contribution in [0.5, 0.6) is 0 Å². The van der Waals surface area contributed by atoms with Gasteiger partial charge in [0.15, 0.2) is 0 Å². The summed E-state index contributed by atoms with van der Waals surface area (Å²) in [7, 11) is 1.29.